The van der Waals surface area contributed by atoms with Crippen LogP contribution in [0.1, 0.15) is 35.9 Å². The van der Waals surface area contributed by atoms with Gasteiger partial charge < -0.3 is 19.5 Å². The topological polar surface area (TPSA) is 70.0 Å². The van der Waals surface area contributed by atoms with Gasteiger partial charge in [-0.05, 0) is 36.8 Å². The highest BCUT2D eigenvalue weighted by Crippen LogP contribution is 2.21. The summed E-state index contributed by atoms with van der Waals surface area (Å²) in [5, 5.41) is 3.02. The molecule has 1 saturated heterocycles. The van der Waals surface area contributed by atoms with Crippen molar-refractivity contribution in [2.75, 3.05) is 31.1 Å². The molecular weight excluding hydrogens is 366 g/mol. The van der Waals surface area contributed by atoms with Crippen molar-refractivity contribution in [1.29, 1.82) is 0 Å². The minimum atomic E-state index is -0.189. The Hall–Kier alpha value is -3.35. The average molecular weight is 391 g/mol. The summed E-state index contributed by atoms with van der Waals surface area (Å²) in [6.07, 6.45) is 3.61. The molecule has 0 bridgehead atoms. The SMILES string of the molecule is CC(=O)N1CCN(c2ccc([C@@H](C)NC(=O)c3cn4ccccc4n3)cc2)CC1. The van der Waals surface area contributed by atoms with Crippen LogP contribution in [0.4, 0.5) is 5.69 Å². The van der Waals surface area contributed by atoms with E-state index in [0.29, 0.717) is 5.69 Å². The van der Waals surface area contributed by atoms with Gasteiger partial charge in [-0.2, -0.15) is 0 Å². The minimum absolute atomic E-state index is 0.129. The van der Waals surface area contributed by atoms with Crippen molar-refractivity contribution >= 4 is 23.1 Å². The van der Waals surface area contributed by atoms with Crippen LogP contribution in [0.5, 0.6) is 0 Å². The lowest BCUT2D eigenvalue weighted by Gasteiger charge is -2.35. The zero-order chi connectivity index (χ0) is 20.4. The molecule has 0 radical (unpaired) electrons. The number of anilines is 1. The van der Waals surface area contributed by atoms with Crippen molar-refractivity contribution < 1.29 is 9.59 Å². The molecule has 3 heterocycles. The van der Waals surface area contributed by atoms with E-state index in [2.05, 4.69) is 27.3 Å². The van der Waals surface area contributed by atoms with Crippen molar-refractivity contribution in [3.05, 3.63) is 66.1 Å². The molecular formula is C22H25N5O2. The summed E-state index contributed by atoms with van der Waals surface area (Å²) in [6.45, 7) is 6.75. The van der Waals surface area contributed by atoms with Gasteiger partial charge in [0.15, 0.2) is 0 Å². The summed E-state index contributed by atoms with van der Waals surface area (Å²) in [7, 11) is 0. The molecule has 1 fully saturated rings. The fourth-order valence-corrected chi connectivity index (χ4v) is 3.65. The molecule has 1 aromatic carbocycles. The molecule has 4 rings (SSSR count). The van der Waals surface area contributed by atoms with Gasteiger partial charge in [0.2, 0.25) is 5.91 Å². The first-order valence-electron chi connectivity index (χ1n) is 9.86. The molecule has 7 nitrogen and oxygen atoms in total. The summed E-state index contributed by atoms with van der Waals surface area (Å²) >= 11 is 0. The van der Waals surface area contributed by atoms with E-state index >= 15 is 0 Å². The van der Waals surface area contributed by atoms with E-state index in [0.717, 1.165) is 43.1 Å². The number of carbonyl (C=O) groups excluding carboxylic acids is 2. The molecule has 1 aliphatic heterocycles. The van der Waals surface area contributed by atoms with Crippen LogP contribution in [-0.2, 0) is 4.79 Å². The Morgan fingerprint density at radius 1 is 1.03 bits per heavy atom. The Morgan fingerprint density at radius 3 is 2.41 bits per heavy atom. The number of nitrogens with one attached hydrogen (secondary N) is 1. The molecule has 1 atom stereocenters. The van der Waals surface area contributed by atoms with Crippen molar-refractivity contribution in [1.82, 2.24) is 19.6 Å². The van der Waals surface area contributed by atoms with Crippen molar-refractivity contribution in [2.24, 2.45) is 0 Å². The lowest BCUT2D eigenvalue weighted by atomic mass is 10.1. The van der Waals surface area contributed by atoms with Crippen LogP contribution in [0, 0.1) is 0 Å². The number of fused-ring (bicyclic) bond motifs is 1. The molecule has 0 saturated carbocycles. The summed E-state index contributed by atoms with van der Waals surface area (Å²) < 4.78 is 1.83. The number of aromatic nitrogens is 2. The normalized spacial score (nSPS) is 15.4. The number of rotatable bonds is 4. The average Bonchev–Trinajstić information content (AvgIpc) is 3.18. The molecule has 2 amide bonds. The predicted molar refractivity (Wildman–Crippen MR) is 112 cm³/mol. The van der Waals surface area contributed by atoms with Gasteiger partial charge in [0.25, 0.3) is 5.91 Å². The summed E-state index contributed by atoms with van der Waals surface area (Å²) in [5.74, 6) is -0.0548. The van der Waals surface area contributed by atoms with Crippen LogP contribution in [-0.4, -0.2) is 52.3 Å². The number of hydrogen-bond donors (Lipinski definition) is 1. The van der Waals surface area contributed by atoms with Gasteiger partial charge in [0, 0.05) is 51.2 Å². The highest BCUT2D eigenvalue weighted by molar-refractivity contribution is 5.93. The predicted octanol–water partition coefficient (Wildman–Crippen LogP) is 2.49. The largest absolute Gasteiger partial charge is 0.368 e. The second-order valence-electron chi connectivity index (χ2n) is 7.37. The van der Waals surface area contributed by atoms with E-state index in [1.165, 1.54) is 0 Å². The zero-order valence-corrected chi connectivity index (χ0v) is 16.7. The molecule has 29 heavy (non-hydrogen) atoms. The lowest BCUT2D eigenvalue weighted by molar-refractivity contribution is -0.129. The molecule has 3 aromatic rings. The Labute approximate surface area is 169 Å². The summed E-state index contributed by atoms with van der Waals surface area (Å²) in [5.41, 5.74) is 3.33. The lowest BCUT2D eigenvalue weighted by Crippen LogP contribution is -2.48. The van der Waals surface area contributed by atoms with Crippen molar-refractivity contribution in [3.63, 3.8) is 0 Å². The van der Waals surface area contributed by atoms with Crippen LogP contribution in [0.25, 0.3) is 5.65 Å². The Balaban J connectivity index is 1.38. The van der Waals surface area contributed by atoms with E-state index in [1.807, 2.05) is 52.8 Å². The van der Waals surface area contributed by atoms with Crippen molar-refractivity contribution in [2.45, 2.75) is 19.9 Å². The third kappa shape index (κ3) is 4.08. The highest BCUT2D eigenvalue weighted by atomic mass is 16.2. The Morgan fingerprint density at radius 2 is 1.76 bits per heavy atom. The Kier molecular flexibility index (Phi) is 5.20. The van der Waals surface area contributed by atoms with E-state index in [1.54, 1.807) is 13.1 Å². The van der Waals surface area contributed by atoms with Gasteiger partial charge in [-0.1, -0.05) is 18.2 Å². The van der Waals surface area contributed by atoms with Gasteiger partial charge >= 0.3 is 0 Å². The second kappa shape index (κ2) is 7.95. The number of nitrogens with zero attached hydrogens (tertiary/aromatic N) is 4. The zero-order valence-electron chi connectivity index (χ0n) is 16.7. The van der Waals surface area contributed by atoms with Gasteiger partial charge in [-0.15, -0.1) is 0 Å². The molecule has 0 spiro atoms. The smallest absolute Gasteiger partial charge is 0.271 e. The molecule has 0 aliphatic carbocycles. The van der Waals surface area contributed by atoms with Gasteiger partial charge in [-0.25, -0.2) is 4.98 Å². The maximum atomic E-state index is 12.6. The molecule has 1 aliphatic rings. The molecule has 7 heteroatoms. The van der Waals surface area contributed by atoms with Crippen molar-refractivity contribution in [3.8, 4) is 0 Å². The second-order valence-corrected chi connectivity index (χ2v) is 7.37. The number of benzene rings is 1. The van der Waals surface area contributed by atoms with Crippen LogP contribution in [0.15, 0.2) is 54.9 Å². The van der Waals surface area contributed by atoms with E-state index in [9.17, 15) is 9.59 Å². The molecule has 0 unspecified atom stereocenters. The standard InChI is InChI=1S/C22H25N5O2/c1-16(23-22(29)20-15-27-10-4-3-5-21(27)24-20)18-6-8-19(9-7-18)26-13-11-25(12-14-26)17(2)28/h3-10,15-16H,11-14H2,1-2H3,(H,23,29)/t16-/m1/s1. The first-order valence-corrected chi connectivity index (χ1v) is 9.86. The fourth-order valence-electron chi connectivity index (χ4n) is 3.65. The van der Waals surface area contributed by atoms with E-state index < -0.39 is 0 Å². The monoisotopic (exact) mass is 391 g/mol. The number of amides is 2. The highest BCUT2D eigenvalue weighted by Gasteiger charge is 2.19. The maximum absolute atomic E-state index is 12.6. The van der Waals surface area contributed by atoms with Crippen LogP contribution in [0.3, 0.4) is 0 Å². The van der Waals surface area contributed by atoms with Crippen LogP contribution < -0.4 is 10.2 Å². The van der Waals surface area contributed by atoms with Crippen LogP contribution >= 0.6 is 0 Å². The first kappa shape index (κ1) is 19.0. The third-order valence-electron chi connectivity index (χ3n) is 5.43. The number of carbonyl (C=O) groups is 2. The minimum Gasteiger partial charge on any atom is -0.368 e. The maximum Gasteiger partial charge on any atom is 0.271 e. The van der Waals surface area contributed by atoms with Gasteiger partial charge in [-0.3, -0.25) is 9.59 Å². The third-order valence-corrected chi connectivity index (χ3v) is 5.43. The number of imidazole rings is 1. The van der Waals surface area contributed by atoms with Gasteiger partial charge in [0.1, 0.15) is 11.3 Å². The van der Waals surface area contributed by atoms with E-state index in [4.69, 9.17) is 0 Å². The van der Waals surface area contributed by atoms with E-state index in [-0.39, 0.29) is 17.9 Å². The summed E-state index contributed by atoms with van der Waals surface area (Å²) in [4.78, 5) is 32.6. The number of hydrogen-bond acceptors (Lipinski definition) is 4. The number of pyridine rings is 1. The van der Waals surface area contributed by atoms with Crippen LogP contribution in [0.2, 0.25) is 0 Å². The fraction of sp³-hybridized carbons (Fsp3) is 0.318. The molecule has 2 aromatic heterocycles. The van der Waals surface area contributed by atoms with Gasteiger partial charge in [0.05, 0.1) is 6.04 Å². The quantitative estimate of drug-likeness (QED) is 0.742. The summed E-state index contributed by atoms with van der Waals surface area (Å²) in [6, 6.07) is 13.8. The first-order chi connectivity index (χ1) is 14.0. The number of piperazine rings is 1. The molecule has 150 valence electrons. The Bertz CT molecular complexity index is 986. The molecule has 1 N–H and O–H groups in total.